The Balaban J connectivity index is 1.73. The maximum atomic E-state index is 12.9. The van der Waals surface area contributed by atoms with E-state index in [0.717, 1.165) is 21.8 Å². The van der Waals surface area contributed by atoms with Crippen LogP contribution in [0.1, 0.15) is 21.8 Å². The lowest BCUT2D eigenvalue weighted by Crippen LogP contribution is -2.26. The molecule has 138 valence electrons. The largest absolute Gasteiger partial charge is 0.337 e. The lowest BCUT2D eigenvalue weighted by molar-refractivity contribution is 0.0766. The zero-order valence-electron chi connectivity index (χ0n) is 15.4. The zero-order chi connectivity index (χ0) is 19.2. The number of nitrogens with zero attached hydrogens (tertiary/aromatic N) is 3. The fraction of sp³-hybridized carbons (Fsp3) is 0.190. The zero-order valence-corrected chi connectivity index (χ0v) is 16.2. The van der Waals surface area contributed by atoms with E-state index in [1.54, 1.807) is 23.7 Å². The van der Waals surface area contributed by atoms with Crippen LogP contribution < -0.4 is 0 Å². The van der Waals surface area contributed by atoms with Crippen molar-refractivity contribution < 1.29 is 9.32 Å². The maximum absolute atomic E-state index is 12.9. The molecule has 1 heterocycles. The average Bonchev–Trinajstić information content (AvgIpc) is 3.14. The lowest BCUT2D eigenvalue weighted by atomic mass is 10.1. The molecule has 0 unspecified atom stereocenters. The molecule has 27 heavy (non-hydrogen) atoms. The number of rotatable bonds is 7. The van der Waals surface area contributed by atoms with Crippen molar-refractivity contribution in [2.75, 3.05) is 12.8 Å². The Kier molecular flexibility index (Phi) is 6.08. The van der Waals surface area contributed by atoms with Gasteiger partial charge in [0.2, 0.25) is 11.7 Å². The monoisotopic (exact) mass is 379 g/mol. The van der Waals surface area contributed by atoms with Crippen molar-refractivity contribution in [2.45, 2.75) is 18.4 Å². The molecular formula is C21H21N3O2S. The van der Waals surface area contributed by atoms with Crippen LogP contribution in [0.4, 0.5) is 0 Å². The molecule has 0 radical (unpaired) electrons. The summed E-state index contributed by atoms with van der Waals surface area (Å²) in [6.45, 7) is 5.99. The van der Waals surface area contributed by atoms with Crippen molar-refractivity contribution in [1.82, 2.24) is 15.0 Å². The molecule has 0 aliphatic rings. The summed E-state index contributed by atoms with van der Waals surface area (Å²) in [5.74, 6) is 1.59. The van der Waals surface area contributed by atoms with Gasteiger partial charge in [-0.1, -0.05) is 47.1 Å². The summed E-state index contributed by atoms with van der Waals surface area (Å²) >= 11 is 1.58. The van der Waals surface area contributed by atoms with Gasteiger partial charge in [0.05, 0.1) is 12.1 Å². The summed E-state index contributed by atoms with van der Waals surface area (Å²) in [6, 6.07) is 15.5. The first-order chi connectivity index (χ1) is 13.1. The Morgan fingerprint density at radius 3 is 2.85 bits per heavy atom. The number of benzene rings is 2. The van der Waals surface area contributed by atoms with Crippen LogP contribution >= 0.6 is 11.8 Å². The molecule has 0 aliphatic carbocycles. The molecule has 0 saturated heterocycles. The number of amides is 1. The third kappa shape index (κ3) is 4.65. The Bertz CT molecular complexity index is 952. The number of carbonyl (C=O) groups excluding carboxylic acids is 1. The van der Waals surface area contributed by atoms with E-state index in [-0.39, 0.29) is 12.5 Å². The van der Waals surface area contributed by atoms with Gasteiger partial charge in [-0.05, 0) is 25.1 Å². The topological polar surface area (TPSA) is 59.2 Å². The molecule has 0 bridgehead atoms. The normalized spacial score (nSPS) is 10.6. The molecular weight excluding hydrogens is 358 g/mol. The van der Waals surface area contributed by atoms with Gasteiger partial charge < -0.3 is 9.42 Å². The summed E-state index contributed by atoms with van der Waals surface area (Å²) in [5.41, 5.74) is 2.68. The first-order valence-electron chi connectivity index (χ1n) is 8.56. The molecule has 6 heteroatoms. The van der Waals surface area contributed by atoms with Gasteiger partial charge in [0.1, 0.15) is 0 Å². The third-order valence-electron chi connectivity index (χ3n) is 3.94. The fourth-order valence-corrected chi connectivity index (χ4v) is 3.40. The molecule has 1 aromatic heterocycles. The Morgan fingerprint density at radius 2 is 2.07 bits per heavy atom. The van der Waals surface area contributed by atoms with Gasteiger partial charge in [0.15, 0.2) is 0 Å². The third-order valence-corrected chi connectivity index (χ3v) is 5.01. The fourth-order valence-electron chi connectivity index (χ4n) is 2.62. The van der Waals surface area contributed by atoms with Crippen LogP contribution in [0.3, 0.4) is 0 Å². The van der Waals surface area contributed by atoms with Gasteiger partial charge in [-0.3, -0.25) is 4.79 Å². The standard InChI is InChI=1S/C21H21N3O2S/c1-4-12-27-18-11-6-5-10-17(18)21(25)24(3)14-19-22-20(23-26-19)16-9-7-8-15(2)13-16/h4-11,13H,1,12,14H2,2-3H3. The van der Waals surface area contributed by atoms with E-state index < -0.39 is 0 Å². The van der Waals surface area contributed by atoms with Crippen molar-refractivity contribution in [1.29, 1.82) is 0 Å². The molecule has 0 atom stereocenters. The van der Waals surface area contributed by atoms with Crippen LogP contribution in [0, 0.1) is 6.92 Å². The van der Waals surface area contributed by atoms with Gasteiger partial charge in [-0.15, -0.1) is 18.3 Å². The van der Waals surface area contributed by atoms with Crippen LogP contribution in [0.5, 0.6) is 0 Å². The predicted octanol–water partition coefficient (Wildman–Crippen LogP) is 4.60. The highest BCUT2D eigenvalue weighted by Gasteiger charge is 2.18. The molecule has 3 aromatic rings. The highest BCUT2D eigenvalue weighted by Crippen LogP contribution is 2.24. The number of aryl methyl sites for hydroxylation is 1. The van der Waals surface area contributed by atoms with Crippen LogP contribution in [-0.4, -0.2) is 33.7 Å². The van der Waals surface area contributed by atoms with E-state index in [4.69, 9.17) is 4.52 Å². The maximum Gasteiger partial charge on any atom is 0.255 e. The highest BCUT2D eigenvalue weighted by molar-refractivity contribution is 7.99. The number of hydrogen-bond acceptors (Lipinski definition) is 5. The molecule has 0 spiro atoms. The minimum Gasteiger partial charge on any atom is -0.337 e. The van der Waals surface area contributed by atoms with Crippen molar-refractivity contribution >= 4 is 17.7 Å². The number of thioether (sulfide) groups is 1. The minimum atomic E-state index is -0.0857. The minimum absolute atomic E-state index is 0.0857. The van der Waals surface area contributed by atoms with E-state index in [9.17, 15) is 4.79 Å². The number of hydrogen-bond donors (Lipinski definition) is 0. The van der Waals surface area contributed by atoms with E-state index in [1.807, 2.05) is 61.5 Å². The van der Waals surface area contributed by atoms with E-state index >= 15 is 0 Å². The van der Waals surface area contributed by atoms with E-state index in [2.05, 4.69) is 16.7 Å². The summed E-state index contributed by atoms with van der Waals surface area (Å²) in [4.78, 5) is 19.8. The summed E-state index contributed by atoms with van der Waals surface area (Å²) in [5, 5.41) is 4.03. The van der Waals surface area contributed by atoms with Crippen molar-refractivity contribution in [3.05, 3.63) is 78.2 Å². The Hall–Kier alpha value is -2.86. The predicted molar refractivity (Wildman–Crippen MR) is 108 cm³/mol. The highest BCUT2D eigenvalue weighted by atomic mass is 32.2. The number of aromatic nitrogens is 2. The molecule has 1 amide bonds. The second kappa shape index (κ2) is 8.68. The molecule has 3 rings (SSSR count). The molecule has 5 nitrogen and oxygen atoms in total. The second-order valence-electron chi connectivity index (χ2n) is 6.14. The SMILES string of the molecule is C=CCSc1ccccc1C(=O)N(C)Cc1nc(-c2cccc(C)c2)no1. The first-order valence-corrected chi connectivity index (χ1v) is 9.55. The van der Waals surface area contributed by atoms with Crippen LogP contribution in [0.25, 0.3) is 11.4 Å². The smallest absolute Gasteiger partial charge is 0.255 e. The van der Waals surface area contributed by atoms with Gasteiger partial charge in [0, 0.05) is 23.3 Å². The van der Waals surface area contributed by atoms with Gasteiger partial charge in [0.25, 0.3) is 5.91 Å². The summed E-state index contributed by atoms with van der Waals surface area (Å²) in [7, 11) is 1.73. The second-order valence-corrected chi connectivity index (χ2v) is 7.20. The molecule has 0 saturated carbocycles. The quantitative estimate of drug-likeness (QED) is 0.444. The molecule has 2 aromatic carbocycles. The van der Waals surface area contributed by atoms with E-state index in [1.165, 1.54) is 0 Å². The van der Waals surface area contributed by atoms with Crippen molar-refractivity contribution in [3.8, 4) is 11.4 Å². The van der Waals surface area contributed by atoms with Gasteiger partial charge in [-0.2, -0.15) is 4.98 Å². The number of carbonyl (C=O) groups is 1. The Morgan fingerprint density at radius 1 is 1.26 bits per heavy atom. The van der Waals surface area contributed by atoms with Crippen LogP contribution in [0.15, 0.2) is 70.6 Å². The van der Waals surface area contributed by atoms with Crippen LogP contribution in [-0.2, 0) is 6.54 Å². The van der Waals surface area contributed by atoms with Gasteiger partial charge >= 0.3 is 0 Å². The van der Waals surface area contributed by atoms with Gasteiger partial charge in [-0.25, -0.2) is 0 Å². The molecule has 0 aliphatic heterocycles. The summed E-state index contributed by atoms with van der Waals surface area (Å²) in [6.07, 6.45) is 1.82. The lowest BCUT2D eigenvalue weighted by Gasteiger charge is -2.16. The van der Waals surface area contributed by atoms with Crippen LogP contribution in [0.2, 0.25) is 0 Å². The first kappa shape index (κ1) is 18.9. The van der Waals surface area contributed by atoms with E-state index in [0.29, 0.717) is 17.3 Å². The van der Waals surface area contributed by atoms with Crippen molar-refractivity contribution in [2.24, 2.45) is 0 Å². The Labute approximate surface area is 163 Å². The molecule has 0 N–H and O–H groups in total. The molecule has 0 fully saturated rings. The van der Waals surface area contributed by atoms with Crippen molar-refractivity contribution in [3.63, 3.8) is 0 Å². The average molecular weight is 379 g/mol. The summed E-state index contributed by atoms with van der Waals surface area (Å²) < 4.78 is 5.34.